The second kappa shape index (κ2) is 4.18. The molecule has 1 aromatic heterocycles. The summed E-state index contributed by atoms with van der Waals surface area (Å²) in [6, 6.07) is 1.24. The summed E-state index contributed by atoms with van der Waals surface area (Å²) in [5.74, 6) is -0.347. The van der Waals surface area contributed by atoms with Gasteiger partial charge in [-0.25, -0.2) is 0 Å². The highest BCUT2D eigenvalue weighted by molar-refractivity contribution is 7.87. The van der Waals surface area contributed by atoms with Gasteiger partial charge in [0.15, 0.2) is 5.75 Å². The summed E-state index contributed by atoms with van der Waals surface area (Å²) in [5, 5.41) is 0. The van der Waals surface area contributed by atoms with Gasteiger partial charge in [0.05, 0.1) is 0 Å². The third kappa shape index (κ3) is 2.98. The van der Waals surface area contributed by atoms with E-state index in [0.717, 1.165) is 0 Å². The topological polar surface area (TPSA) is 48.3 Å². The van der Waals surface area contributed by atoms with E-state index in [1.54, 1.807) is 11.5 Å². The zero-order chi connectivity index (χ0) is 14.4. The molecule has 0 aliphatic rings. The van der Waals surface area contributed by atoms with Crippen molar-refractivity contribution < 1.29 is 25.8 Å². The lowest BCUT2D eigenvalue weighted by Crippen LogP contribution is -2.28. The molecule has 0 aromatic carbocycles. The standard InChI is InChI=1S/C10H14F3NO3S/c1-7-5-8(6-14(7)9(2,3)4)17-18(15,16)10(11,12)13/h5-6H,1-4H3. The largest absolute Gasteiger partial charge is 0.534 e. The van der Waals surface area contributed by atoms with Crippen molar-refractivity contribution in [2.24, 2.45) is 0 Å². The van der Waals surface area contributed by atoms with Gasteiger partial charge >= 0.3 is 15.6 Å². The van der Waals surface area contributed by atoms with Crippen molar-refractivity contribution >= 4 is 10.1 Å². The Bertz CT molecular complexity index is 538. The van der Waals surface area contributed by atoms with Gasteiger partial charge in [0.2, 0.25) is 0 Å². The Morgan fingerprint density at radius 1 is 1.22 bits per heavy atom. The maximum atomic E-state index is 12.1. The number of rotatable bonds is 2. The van der Waals surface area contributed by atoms with Crippen LogP contribution >= 0.6 is 0 Å². The summed E-state index contributed by atoms with van der Waals surface area (Å²) in [5.41, 5.74) is -5.20. The van der Waals surface area contributed by atoms with E-state index in [0.29, 0.717) is 5.69 Å². The van der Waals surface area contributed by atoms with E-state index in [1.165, 1.54) is 12.3 Å². The lowest BCUT2D eigenvalue weighted by molar-refractivity contribution is -0.0500. The molecular formula is C10H14F3NO3S. The lowest BCUT2D eigenvalue weighted by Gasteiger charge is -2.23. The van der Waals surface area contributed by atoms with E-state index in [4.69, 9.17) is 0 Å². The van der Waals surface area contributed by atoms with Gasteiger partial charge in [0, 0.05) is 23.5 Å². The molecule has 0 unspecified atom stereocenters. The zero-order valence-corrected chi connectivity index (χ0v) is 11.2. The third-order valence-electron chi connectivity index (χ3n) is 2.20. The first-order chi connectivity index (χ1) is 7.84. The van der Waals surface area contributed by atoms with E-state index in [9.17, 15) is 21.6 Å². The van der Waals surface area contributed by atoms with Crippen molar-refractivity contribution in [3.63, 3.8) is 0 Å². The van der Waals surface area contributed by atoms with Gasteiger partial charge in [0.1, 0.15) is 0 Å². The highest BCUT2D eigenvalue weighted by Crippen LogP contribution is 2.29. The molecule has 0 fully saturated rings. The van der Waals surface area contributed by atoms with Crippen LogP contribution < -0.4 is 4.18 Å². The van der Waals surface area contributed by atoms with Crippen LogP contribution in [0.2, 0.25) is 0 Å². The van der Waals surface area contributed by atoms with Crippen molar-refractivity contribution in [1.29, 1.82) is 0 Å². The molecular weight excluding hydrogens is 271 g/mol. The minimum absolute atomic E-state index is 0.347. The van der Waals surface area contributed by atoms with Crippen molar-refractivity contribution in [1.82, 2.24) is 4.57 Å². The predicted molar refractivity (Wildman–Crippen MR) is 59.8 cm³/mol. The molecule has 104 valence electrons. The van der Waals surface area contributed by atoms with Gasteiger partial charge in [-0.1, -0.05) is 0 Å². The van der Waals surface area contributed by atoms with Crippen LogP contribution in [-0.2, 0) is 15.7 Å². The Balaban J connectivity index is 3.10. The molecule has 0 radical (unpaired) electrons. The molecule has 0 atom stereocenters. The number of aryl methyl sites for hydroxylation is 1. The van der Waals surface area contributed by atoms with Crippen LogP contribution in [0.4, 0.5) is 13.2 Å². The van der Waals surface area contributed by atoms with E-state index in [2.05, 4.69) is 4.18 Å². The molecule has 1 aromatic rings. The van der Waals surface area contributed by atoms with Crippen LogP contribution in [0.1, 0.15) is 26.5 Å². The second-order valence-corrected chi connectivity index (χ2v) is 6.38. The van der Waals surface area contributed by atoms with Crippen molar-refractivity contribution in [3.8, 4) is 5.75 Å². The van der Waals surface area contributed by atoms with Gasteiger partial charge < -0.3 is 8.75 Å². The van der Waals surface area contributed by atoms with Crippen LogP contribution in [0.5, 0.6) is 5.75 Å². The van der Waals surface area contributed by atoms with Crippen LogP contribution in [0, 0.1) is 6.92 Å². The Kier molecular flexibility index (Phi) is 3.46. The highest BCUT2D eigenvalue weighted by Gasteiger charge is 2.48. The van der Waals surface area contributed by atoms with E-state index in [-0.39, 0.29) is 11.3 Å². The third-order valence-corrected chi connectivity index (χ3v) is 3.18. The summed E-state index contributed by atoms with van der Waals surface area (Å²) in [6.45, 7) is 7.16. The first-order valence-electron chi connectivity index (χ1n) is 5.05. The molecule has 0 spiro atoms. The van der Waals surface area contributed by atoms with E-state index >= 15 is 0 Å². The summed E-state index contributed by atoms with van der Waals surface area (Å²) < 4.78 is 63.8. The fourth-order valence-corrected chi connectivity index (χ4v) is 1.92. The smallest absolute Gasteiger partial charge is 0.374 e. The van der Waals surface area contributed by atoms with Crippen LogP contribution in [0.3, 0.4) is 0 Å². The Morgan fingerprint density at radius 2 is 1.72 bits per heavy atom. The molecule has 0 saturated carbocycles. The molecule has 0 aliphatic heterocycles. The zero-order valence-electron chi connectivity index (χ0n) is 10.4. The van der Waals surface area contributed by atoms with Crippen LogP contribution in [0.15, 0.2) is 12.3 Å². The quantitative estimate of drug-likeness (QED) is 0.620. The SMILES string of the molecule is Cc1cc(OS(=O)(=O)C(F)(F)F)cn1C(C)(C)C. The Morgan fingerprint density at radius 3 is 2.06 bits per heavy atom. The average Bonchev–Trinajstić information content (AvgIpc) is 2.42. The van der Waals surface area contributed by atoms with Crippen LogP contribution in [-0.4, -0.2) is 18.5 Å². The first-order valence-corrected chi connectivity index (χ1v) is 6.45. The summed E-state index contributed by atoms with van der Waals surface area (Å²) in [4.78, 5) is 0. The van der Waals surface area contributed by atoms with Gasteiger partial charge in [-0.2, -0.15) is 21.6 Å². The Hall–Kier alpha value is -1.18. The minimum Gasteiger partial charge on any atom is -0.374 e. The number of halogens is 3. The maximum Gasteiger partial charge on any atom is 0.534 e. The molecule has 4 nitrogen and oxygen atoms in total. The monoisotopic (exact) mass is 285 g/mol. The van der Waals surface area contributed by atoms with Gasteiger partial charge in [-0.05, 0) is 27.7 Å². The predicted octanol–water partition coefficient (Wildman–Crippen LogP) is 2.78. The normalized spacial score (nSPS) is 13.7. The van der Waals surface area contributed by atoms with Crippen molar-refractivity contribution in [2.45, 2.75) is 38.7 Å². The van der Waals surface area contributed by atoms with E-state index < -0.39 is 15.6 Å². The molecule has 1 heterocycles. The molecule has 0 N–H and O–H groups in total. The number of hydrogen-bond acceptors (Lipinski definition) is 3. The van der Waals surface area contributed by atoms with Gasteiger partial charge in [0.25, 0.3) is 0 Å². The van der Waals surface area contributed by atoms with E-state index in [1.807, 2.05) is 20.8 Å². The fourth-order valence-electron chi connectivity index (χ4n) is 1.48. The fraction of sp³-hybridized carbons (Fsp3) is 0.600. The first kappa shape index (κ1) is 14.9. The highest BCUT2D eigenvalue weighted by atomic mass is 32.2. The van der Waals surface area contributed by atoms with Crippen LogP contribution in [0.25, 0.3) is 0 Å². The summed E-state index contributed by atoms with van der Waals surface area (Å²) in [6.07, 6.45) is 1.23. The van der Waals surface area contributed by atoms with Gasteiger partial charge in [-0.15, -0.1) is 0 Å². The van der Waals surface area contributed by atoms with Crippen molar-refractivity contribution in [2.75, 3.05) is 0 Å². The Labute approximate surface area is 103 Å². The molecule has 0 amide bonds. The summed E-state index contributed by atoms with van der Waals surface area (Å²) in [7, 11) is -5.61. The average molecular weight is 285 g/mol. The van der Waals surface area contributed by atoms with Gasteiger partial charge in [-0.3, -0.25) is 0 Å². The number of nitrogens with zero attached hydrogens (tertiary/aromatic N) is 1. The summed E-state index contributed by atoms with van der Waals surface area (Å²) >= 11 is 0. The maximum absolute atomic E-state index is 12.1. The molecule has 18 heavy (non-hydrogen) atoms. The number of alkyl halides is 3. The molecule has 1 rings (SSSR count). The molecule has 0 bridgehead atoms. The number of aromatic nitrogens is 1. The number of hydrogen-bond donors (Lipinski definition) is 0. The molecule has 0 saturated heterocycles. The molecule has 0 aliphatic carbocycles. The second-order valence-electron chi connectivity index (χ2n) is 4.84. The minimum atomic E-state index is -5.61. The lowest BCUT2D eigenvalue weighted by atomic mass is 10.1. The van der Waals surface area contributed by atoms with Crippen molar-refractivity contribution in [3.05, 3.63) is 18.0 Å². The molecule has 8 heteroatoms.